The molecule has 3 rings (SSSR count). The molecule has 1 amide bonds. The van der Waals surface area contributed by atoms with E-state index < -0.39 is 12.1 Å². The molecule has 2 atom stereocenters. The lowest BCUT2D eigenvalue weighted by Gasteiger charge is -2.23. The van der Waals surface area contributed by atoms with Gasteiger partial charge in [0, 0.05) is 6.54 Å². The van der Waals surface area contributed by atoms with E-state index in [1.54, 1.807) is 0 Å². The van der Waals surface area contributed by atoms with Gasteiger partial charge in [0.05, 0.1) is 12.7 Å². The molecule has 130 valence electrons. The Kier molecular flexibility index (Phi) is 5.80. The highest BCUT2D eigenvalue weighted by Gasteiger charge is 2.38. The Balaban J connectivity index is 1.53. The van der Waals surface area contributed by atoms with Gasteiger partial charge >= 0.3 is 6.09 Å². The molecule has 0 aliphatic carbocycles. The first-order valence-corrected chi connectivity index (χ1v) is 8.36. The quantitative estimate of drug-likeness (QED) is 0.759. The molecule has 1 saturated heterocycles. The largest absolute Gasteiger partial charge is 0.445 e. The van der Waals surface area contributed by atoms with Crippen LogP contribution in [0, 0.1) is 0 Å². The maximum Gasteiger partial charge on any atom is 0.410 e. The number of likely N-dealkylation sites (tertiary alicyclic amines) is 1. The summed E-state index contributed by atoms with van der Waals surface area (Å²) >= 11 is 0. The molecule has 5 heteroatoms. The van der Waals surface area contributed by atoms with Crippen LogP contribution in [0.3, 0.4) is 0 Å². The molecule has 0 N–H and O–H groups in total. The highest BCUT2D eigenvalue weighted by molar-refractivity contribution is 5.74. The van der Waals surface area contributed by atoms with Crippen LogP contribution in [0.15, 0.2) is 60.7 Å². The van der Waals surface area contributed by atoms with Crippen LogP contribution >= 0.6 is 0 Å². The third kappa shape index (κ3) is 4.45. The van der Waals surface area contributed by atoms with Gasteiger partial charge in [-0.1, -0.05) is 60.7 Å². The molecule has 0 spiro atoms. The fraction of sp³-hybridized carbons (Fsp3) is 0.300. The third-order valence-corrected chi connectivity index (χ3v) is 4.28. The average molecular weight is 339 g/mol. The molecular formula is C20H21NO4. The van der Waals surface area contributed by atoms with Crippen molar-refractivity contribution >= 4 is 12.4 Å². The smallest absolute Gasteiger partial charge is 0.410 e. The van der Waals surface area contributed by atoms with Gasteiger partial charge in [-0.3, -0.25) is 4.90 Å². The van der Waals surface area contributed by atoms with E-state index >= 15 is 0 Å². The van der Waals surface area contributed by atoms with Crippen molar-refractivity contribution in [3.05, 3.63) is 71.8 Å². The van der Waals surface area contributed by atoms with Crippen LogP contribution in [0.5, 0.6) is 0 Å². The van der Waals surface area contributed by atoms with Crippen molar-refractivity contribution in [1.82, 2.24) is 4.90 Å². The van der Waals surface area contributed by atoms with Crippen LogP contribution < -0.4 is 0 Å². The summed E-state index contributed by atoms with van der Waals surface area (Å²) in [6.45, 7) is 1.07. The van der Waals surface area contributed by atoms with Gasteiger partial charge in [-0.25, -0.2) is 4.79 Å². The van der Waals surface area contributed by atoms with E-state index in [1.165, 1.54) is 4.90 Å². The lowest BCUT2D eigenvalue weighted by molar-refractivity contribution is -0.115. The Bertz CT molecular complexity index is 689. The van der Waals surface area contributed by atoms with Crippen LogP contribution in [0.4, 0.5) is 4.79 Å². The van der Waals surface area contributed by atoms with Gasteiger partial charge < -0.3 is 14.3 Å². The van der Waals surface area contributed by atoms with Gasteiger partial charge in [0.15, 0.2) is 0 Å². The topological polar surface area (TPSA) is 55.8 Å². The van der Waals surface area contributed by atoms with Crippen molar-refractivity contribution in [3.8, 4) is 0 Å². The van der Waals surface area contributed by atoms with Crippen molar-refractivity contribution in [1.29, 1.82) is 0 Å². The standard InChI is InChI=1S/C20H21NO4/c22-13-18-19(24-14-16-7-3-1-4-8-16)11-12-21(18)20(23)25-15-17-9-5-2-6-10-17/h1-10,13,18-19H,11-12,14-15H2/t18-,19+/m0/s1. The summed E-state index contributed by atoms with van der Waals surface area (Å²) < 4.78 is 11.2. The number of rotatable bonds is 6. The second kappa shape index (κ2) is 8.44. The zero-order valence-electron chi connectivity index (χ0n) is 13.9. The number of amides is 1. The monoisotopic (exact) mass is 339 g/mol. The summed E-state index contributed by atoms with van der Waals surface area (Å²) in [4.78, 5) is 25.2. The van der Waals surface area contributed by atoms with Gasteiger partial charge in [-0.05, 0) is 17.5 Å². The van der Waals surface area contributed by atoms with Crippen molar-refractivity contribution in [2.45, 2.75) is 31.8 Å². The average Bonchev–Trinajstić information content (AvgIpc) is 3.09. The van der Waals surface area contributed by atoms with Crippen molar-refractivity contribution < 1.29 is 19.1 Å². The second-order valence-corrected chi connectivity index (χ2v) is 5.98. The molecule has 1 aliphatic rings. The van der Waals surface area contributed by atoms with E-state index in [2.05, 4.69) is 0 Å². The van der Waals surface area contributed by atoms with E-state index in [4.69, 9.17) is 9.47 Å². The summed E-state index contributed by atoms with van der Waals surface area (Å²) in [6, 6.07) is 18.6. The minimum atomic E-state index is -0.605. The van der Waals surface area contributed by atoms with E-state index in [0.29, 0.717) is 19.6 Å². The van der Waals surface area contributed by atoms with E-state index in [0.717, 1.165) is 17.4 Å². The molecule has 1 fully saturated rings. The van der Waals surface area contributed by atoms with E-state index in [1.807, 2.05) is 60.7 Å². The van der Waals surface area contributed by atoms with Gasteiger partial charge in [0.25, 0.3) is 0 Å². The summed E-state index contributed by atoms with van der Waals surface area (Å²) in [5.41, 5.74) is 1.95. The number of hydrogen-bond donors (Lipinski definition) is 0. The Morgan fingerprint density at radius 3 is 2.20 bits per heavy atom. The fourth-order valence-corrected chi connectivity index (χ4v) is 2.92. The van der Waals surface area contributed by atoms with Crippen molar-refractivity contribution in [2.75, 3.05) is 6.54 Å². The summed E-state index contributed by atoms with van der Waals surface area (Å²) in [5, 5.41) is 0. The van der Waals surface area contributed by atoms with Crippen LogP contribution in [0.1, 0.15) is 17.5 Å². The van der Waals surface area contributed by atoms with Crippen molar-refractivity contribution in [3.63, 3.8) is 0 Å². The second-order valence-electron chi connectivity index (χ2n) is 5.98. The highest BCUT2D eigenvalue weighted by Crippen LogP contribution is 2.22. The van der Waals surface area contributed by atoms with Gasteiger partial charge in [-0.2, -0.15) is 0 Å². The normalized spacial score (nSPS) is 19.6. The van der Waals surface area contributed by atoms with Crippen LogP contribution in [0.25, 0.3) is 0 Å². The summed E-state index contributed by atoms with van der Waals surface area (Å²) in [6.07, 6.45) is 0.608. The van der Waals surface area contributed by atoms with E-state index in [9.17, 15) is 9.59 Å². The maximum absolute atomic E-state index is 12.3. The molecule has 1 aliphatic heterocycles. The molecule has 0 unspecified atom stereocenters. The molecule has 0 radical (unpaired) electrons. The maximum atomic E-state index is 12.3. The molecule has 0 aromatic heterocycles. The molecular weight excluding hydrogens is 318 g/mol. The van der Waals surface area contributed by atoms with E-state index in [-0.39, 0.29) is 12.7 Å². The summed E-state index contributed by atoms with van der Waals surface area (Å²) in [7, 11) is 0. The Morgan fingerprint density at radius 2 is 1.60 bits per heavy atom. The van der Waals surface area contributed by atoms with Crippen molar-refractivity contribution in [2.24, 2.45) is 0 Å². The molecule has 5 nitrogen and oxygen atoms in total. The Hall–Kier alpha value is -2.66. The fourth-order valence-electron chi connectivity index (χ4n) is 2.92. The zero-order valence-corrected chi connectivity index (χ0v) is 13.9. The molecule has 0 saturated carbocycles. The number of carbonyl (C=O) groups excluding carboxylic acids is 2. The number of ether oxygens (including phenoxy) is 2. The number of benzene rings is 2. The lowest BCUT2D eigenvalue weighted by Crippen LogP contribution is -2.41. The van der Waals surface area contributed by atoms with Gasteiger partial charge in [-0.15, -0.1) is 0 Å². The zero-order chi connectivity index (χ0) is 17.5. The van der Waals surface area contributed by atoms with Crippen LogP contribution in [0.2, 0.25) is 0 Å². The third-order valence-electron chi connectivity index (χ3n) is 4.28. The Morgan fingerprint density at radius 1 is 1.00 bits per heavy atom. The number of aldehydes is 1. The first-order chi connectivity index (χ1) is 12.3. The summed E-state index contributed by atoms with van der Waals surface area (Å²) in [5.74, 6) is 0. The minimum absolute atomic E-state index is 0.192. The minimum Gasteiger partial charge on any atom is -0.445 e. The predicted octanol–water partition coefficient (Wildman–Crippen LogP) is 3.18. The Labute approximate surface area is 147 Å². The highest BCUT2D eigenvalue weighted by atomic mass is 16.6. The molecule has 2 aromatic carbocycles. The SMILES string of the molecule is O=C[C@H]1[C@H](OCc2ccccc2)CCN1C(=O)OCc1ccccc1. The first kappa shape index (κ1) is 17.2. The molecule has 0 bridgehead atoms. The molecule has 2 aromatic rings. The van der Waals surface area contributed by atoms with Crippen LogP contribution in [-0.4, -0.2) is 36.0 Å². The first-order valence-electron chi connectivity index (χ1n) is 8.36. The number of nitrogens with zero attached hydrogens (tertiary/aromatic N) is 1. The number of hydrogen-bond acceptors (Lipinski definition) is 4. The lowest BCUT2D eigenvalue weighted by atomic mass is 10.2. The predicted molar refractivity (Wildman–Crippen MR) is 92.8 cm³/mol. The van der Waals surface area contributed by atoms with Crippen LogP contribution in [-0.2, 0) is 27.5 Å². The van der Waals surface area contributed by atoms with Gasteiger partial charge in [0.2, 0.25) is 0 Å². The number of carbonyl (C=O) groups is 2. The van der Waals surface area contributed by atoms with Gasteiger partial charge in [0.1, 0.15) is 18.9 Å². The molecule has 25 heavy (non-hydrogen) atoms. The molecule has 1 heterocycles.